The molecule has 0 aromatic carbocycles. The molecule has 0 aliphatic rings. The summed E-state index contributed by atoms with van der Waals surface area (Å²) in [6, 6.07) is 2.79. The third kappa shape index (κ3) is 3.10. The number of nitrogens with zero attached hydrogens (tertiary/aromatic N) is 1. The van der Waals surface area contributed by atoms with Crippen LogP contribution in [0.3, 0.4) is 0 Å². The number of aromatic nitrogens is 1. The lowest BCUT2D eigenvalue weighted by molar-refractivity contribution is -0.190. The van der Waals surface area contributed by atoms with Gasteiger partial charge >= 0.3 is 6.18 Å². The molecule has 0 spiro atoms. The van der Waals surface area contributed by atoms with Gasteiger partial charge in [-0.3, -0.25) is 0 Å². The maximum absolute atomic E-state index is 12.2. The molecule has 0 radical (unpaired) electrons. The van der Waals surface area contributed by atoms with Gasteiger partial charge in [0.25, 0.3) is 0 Å². The smallest absolute Gasteiger partial charge is 0.425 e. The molecule has 16 heavy (non-hydrogen) atoms. The summed E-state index contributed by atoms with van der Waals surface area (Å²) in [6.07, 6.45) is -6.31. The number of aliphatic hydroxyl groups is 1. The van der Waals surface area contributed by atoms with Crippen LogP contribution in [-0.2, 0) is 6.61 Å². The maximum atomic E-state index is 12.2. The van der Waals surface area contributed by atoms with Crippen LogP contribution in [0.5, 0.6) is 5.88 Å². The molecule has 0 saturated carbocycles. The van der Waals surface area contributed by atoms with Crippen LogP contribution in [0.1, 0.15) is 18.2 Å². The molecule has 0 aliphatic heterocycles. The van der Waals surface area contributed by atoms with Gasteiger partial charge in [0.1, 0.15) is 0 Å². The van der Waals surface area contributed by atoms with Gasteiger partial charge in [-0.25, -0.2) is 4.98 Å². The summed E-state index contributed by atoms with van der Waals surface area (Å²) in [6.45, 7) is 2.31. The quantitative estimate of drug-likeness (QED) is 0.873. The van der Waals surface area contributed by atoms with E-state index >= 15 is 0 Å². The Morgan fingerprint density at radius 1 is 1.44 bits per heavy atom. The molecule has 1 aromatic rings. The number of halogens is 3. The van der Waals surface area contributed by atoms with Gasteiger partial charge in [0, 0.05) is 11.8 Å². The molecule has 1 rings (SSSR count). The zero-order chi connectivity index (χ0) is 12.3. The average molecular weight is 235 g/mol. The Balaban J connectivity index is 2.79. The predicted molar refractivity (Wildman–Crippen MR) is 51.0 cm³/mol. The van der Waals surface area contributed by atoms with Gasteiger partial charge in [-0.15, -0.1) is 0 Å². The lowest BCUT2D eigenvalue weighted by Gasteiger charge is -2.17. The van der Waals surface area contributed by atoms with E-state index in [2.05, 4.69) is 9.72 Å². The molecule has 1 N–H and O–H groups in total. The summed E-state index contributed by atoms with van der Waals surface area (Å²) in [4.78, 5) is 3.82. The fraction of sp³-hybridized carbons (Fsp3) is 0.500. The minimum absolute atomic E-state index is 0.0977. The Bertz CT molecular complexity index is 366. The highest BCUT2D eigenvalue weighted by Gasteiger charge is 2.38. The normalized spacial score (nSPS) is 13.6. The maximum Gasteiger partial charge on any atom is 0.425 e. The standard InChI is InChI=1S/C10H12F3NO2/c1-6-8(5-15)3-4-9(14-6)16-7(2)10(11,12)13/h3-4,7,15H,5H2,1-2H3/t7-/m0/s1. The molecule has 0 amide bonds. The largest absolute Gasteiger partial charge is 0.465 e. The average Bonchev–Trinajstić information content (AvgIpc) is 2.16. The first-order valence-corrected chi connectivity index (χ1v) is 4.65. The van der Waals surface area contributed by atoms with Crippen LogP contribution < -0.4 is 4.74 Å². The van der Waals surface area contributed by atoms with E-state index < -0.39 is 12.3 Å². The molecule has 6 heteroatoms. The summed E-state index contributed by atoms with van der Waals surface area (Å²) in [5.41, 5.74) is 1.02. The fourth-order valence-corrected chi connectivity index (χ4v) is 1.05. The van der Waals surface area contributed by atoms with Crippen molar-refractivity contribution in [2.75, 3.05) is 0 Å². The second-order valence-electron chi connectivity index (χ2n) is 3.35. The number of rotatable bonds is 3. The molecular formula is C10H12F3NO2. The molecule has 90 valence electrons. The van der Waals surface area contributed by atoms with Gasteiger partial charge in [-0.05, 0) is 25.5 Å². The number of ether oxygens (including phenoxy) is 1. The highest BCUT2D eigenvalue weighted by atomic mass is 19.4. The Morgan fingerprint density at radius 3 is 2.50 bits per heavy atom. The van der Waals surface area contributed by atoms with E-state index in [9.17, 15) is 13.2 Å². The lowest BCUT2D eigenvalue weighted by Crippen LogP contribution is -2.31. The monoisotopic (exact) mass is 235 g/mol. The molecule has 0 saturated heterocycles. The molecule has 0 unspecified atom stereocenters. The third-order valence-corrected chi connectivity index (χ3v) is 2.10. The van der Waals surface area contributed by atoms with E-state index in [1.165, 1.54) is 12.1 Å². The molecule has 0 bridgehead atoms. The van der Waals surface area contributed by atoms with Crippen LogP contribution in [0, 0.1) is 6.92 Å². The Morgan fingerprint density at radius 2 is 2.06 bits per heavy atom. The Kier molecular flexibility index (Phi) is 3.74. The van der Waals surface area contributed by atoms with E-state index in [-0.39, 0.29) is 12.5 Å². The summed E-state index contributed by atoms with van der Waals surface area (Å²) in [7, 11) is 0. The number of alkyl halides is 3. The van der Waals surface area contributed by atoms with Crippen LogP contribution in [0.2, 0.25) is 0 Å². The van der Waals surface area contributed by atoms with Crippen molar-refractivity contribution in [3.05, 3.63) is 23.4 Å². The first kappa shape index (κ1) is 12.8. The van der Waals surface area contributed by atoms with E-state index in [0.717, 1.165) is 6.92 Å². The molecule has 0 fully saturated rings. The number of pyridine rings is 1. The molecule has 1 aromatic heterocycles. The van der Waals surface area contributed by atoms with Crippen molar-refractivity contribution in [3.63, 3.8) is 0 Å². The Labute approximate surface area is 90.9 Å². The van der Waals surface area contributed by atoms with Crippen molar-refractivity contribution in [2.24, 2.45) is 0 Å². The number of hydrogen-bond acceptors (Lipinski definition) is 3. The van der Waals surface area contributed by atoms with Crippen molar-refractivity contribution in [2.45, 2.75) is 32.7 Å². The molecule has 1 atom stereocenters. The lowest BCUT2D eigenvalue weighted by atomic mass is 10.2. The second kappa shape index (κ2) is 4.69. The number of aliphatic hydroxyl groups excluding tert-OH is 1. The topological polar surface area (TPSA) is 42.4 Å². The second-order valence-corrected chi connectivity index (χ2v) is 3.35. The highest BCUT2D eigenvalue weighted by Crippen LogP contribution is 2.24. The minimum Gasteiger partial charge on any atom is -0.465 e. The van der Waals surface area contributed by atoms with Gasteiger partial charge in [0.05, 0.1) is 6.61 Å². The molecule has 1 heterocycles. The van der Waals surface area contributed by atoms with Gasteiger partial charge in [-0.1, -0.05) is 0 Å². The van der Waals surface area contributed by atoms with E-state index in [0.29, 0.717) is 11.3 Å². The zero-order valence-corrected chi connectivity index (χ0v) is 8.88. The summed E-state index contributed by atoms with van der Waals surface area (Å²) >= 11 is 0. The minimum atomic E-state index is -4.41. The van der Waals surface area contributed by atoms with Crippen molar-refractivity contribution < 1.29 is 23.0 Å². The van der Waals surface area contributed by atoms with Crippen molar-refractivity contribution in [1.29, 1.82) is 0 Å². The van der Waals surface area contributed by atoms with Gasteiger partial charge in [0.2, 0.25) is 5.88 Å². The summed E-state index contributed by atoms with van der Waals surface area (Å²) in [5.74, 6) is -0.0977. The number of aryl methyl sites for hydroxylation is 1. The van der Waals surface area contributed by atoms with Crippen molar-refractivity contribution >= 4 is 0 Å². The van der Waals surface area contributed by atoms with E-state index in [1.54, 1.807) is 6.92 Å². The number of hydrogen-bond donors (Lipinski definition) is 1. The molecule has 3 nitrogen and oxygen atoms in total. The summed E-state index contributed by atoms with van der Waals surface area (Å²) < 4.78 is 41.2. The van der Waals surface area contributed by atoms with Gasteiger partial charge in [-0.2, -0.15) is 13.2 Å². The van der Waals surface area contributed by atoms with Crippen LogP contribution >= 0.6 is 0 Å². The SMILES string of the molecule is Cc1nc(O[C@@H](C)C(F)(F)F)ccc1CO. The van der Waals surface area contributed by atoms with E-state index in [1.807, 2.05) is 0 Å². The first-order chi connectivity index (χ1) is 7.34. The zero-order valence-electron chi connectivity index (χ0n) is 8.88. The van der Waals surface area contributed by atoms with Gasteiger partial charge < -0.3 is 9.84 Å². The summed E-state index contributed by atoms with van der Waals surface area (Å²) in [5, 5.41) is 8.86. The molecule has 0 aliphatic carbocycles. The van der Waals surface area contributed by atoms with Crippen LogP contribution in [0.15, 0.2) is 12.1 Å². The molecular weight excluding hydrogens is 223 g/mol. The van der Waals surface area contributed by atoms with Crippen LogP contribution in [0.4, 0.5) is 13.2 Å². The van der Waals surface area contributed by atoms with Crippen LogP contribution in [-0.4, -0.2) is 22.4 Å². The Hall–Kier alpha value is -1.30. The highest BCUT2D eigenvalue weighted by molar-refractivity contribution is 5.24. The van der Waals surface area contributed by atoms with E-state index in [4.69, 9.17) is 5.11 Å². The van der Waals surface area contributed by atoms with Crippen molar-refractivity contribution in [1.82, 2.24) is 4.98 Å². The van der Waals surface area contributed by atoms with Crippen molar-refractivity contribution in [3.8, 4) is 5.88 Å². The third-order valence-electron chi connectivity index (χ3n) is 2.10. The first-order valence-electron chi connectivity index (χ1n) is 4.65. The van der Waals surface area contributed by atoms with Gasteiger partial charge in [0.15, 0.2) is 6.10 Å². The predicted octanol–water partition coefficient (Wildman–Crippen LogP) is 2.21. The van der Waals surface area contributed by atoms with Crippen LogP contribution in [0.25, 0.3) is 0 Å². The fourth-order valence-electron chi connectivity index (χ4n) is 1.05.